The van der Waals surface area contributed by atoms with Crippen LogP contribution >= 0.6 is 0 Å². The molecule has 0 bridgehead atoms. The number of likely N-dealkylation sites (tertiary alicyclic amines) is 1. The minimum Gasteiger partial charge on any atom is -0.330 e. The van der Waals surface area contributed by atoms with E-state index in [0.717, 1.165) is 13.1 Å². The molecule has 2 N–H and O–H groups in total. The fourth-order valence-corrected chi connectivity index (χ4v) is 3.03. The molecule has 1 heterocycles. The summed E-state index contributed by atoms with van der Waals surface area (Å²) in [5, 5.41) is 0. The highest BCUT2D eigenvalue weighted by Gasteiger charge is 2.20. The van der Waals surface area contributed by atoms with E-state index in [0.29, 0.717) is 5.92 Å². The lowest BCUT2D eigenvalue weighted by atomic mass is 9.90. The quantitative estimate of drug-likeness (QED) is 0.864. The Hall–Kier alpha value is -0.860. The van der Waals surface area contributed by atoms with Gasteiger partial charge in [-0.1, -0.05) is 18.2 Å². The number of nitrogens with zero attached hydrogens (tertiary/aromatic N) is 1. The van der Waals surface area contributed by atoms with E-state index in [4.69, 9.17) is 5.73 Å². The van der Waals surface area contributed by atoms with E-state index < -0.39 is 0 Å². The van der Waals surface area contributed by atoms with Crippen LogP contribution in [0.4, 0.5) is 0 Å². The summed E-state index contributed by atoms with van der Waals surface area (Å²) in [7, 11) is 0. The average Bonchev–Trinajstić information content (AvgIpc) is 2.80. The smallest absolute Gasteiger partial charge is 0.00940 e. The molecule has 2 rings (SSSR count). The summed E-state index contributed by atoms with van der Waals surface area (Å²) in [6, 6.07) is 6.54. The molecule has 1 atom stereocenters. The third-order valence-corrected chi connectivity index (χ3v) is 3.91. The topological polar surface area (TPSA) is 29.3 Å². The van der Waals surface area contributed by atoms with Crippen LogP contribution < -0.4 is 5.73 Å². The second-order valence-electron chi connectivity index (χ2n) is 5.25. The zero-order valence-corrected chi connectivity index (χ0v) is 11.1. The lowest BCUT2D eigenvalue weighted by Gasteiger charge is -2.25. The van der Waals surface area contributed by atoms with Crippen molar-refractivity contribution < 1.29 is 0 Å². The summed E-state index contributed by atoms with van der Waals surface area (Å²) in [5.74, 6) is 0.495. The second kappa shape index (κ2) is 5.65. The molecule has 1 aromatic carbocycles. The van der Waals surface area contributed by atoms with Crippen LogP contribution in [0.25, 0.3) is 0 Å². The Morgan fingerprint density at radius 1 is 1.18 bits per heavy atom. The van der Waals surface area contributed by atoms with Gasteiger partial charge in [0.25, 0.3) is 0 Å². The summed E-state index contributed by atoms with van der Waals surface area (Å²) in [4.78, 5) is 2.56. The first-order valence-electron chi connectivity index (χ1n) is 6.71. The first-order valence-corrected chi connectivity index (χ1v) is 6.71. The molecule has 2 heteroatoms. The fourth-order valence-electron chi connectivity index (χ4n) is 3.03. The highest BCUT2D eigenvalue weighted by Crippen LogP contribution is 2.25. The van der Waals surface area contributed by atoms with Gasteiger partial charge < -0.3 is 10.6 Å². The Labute approximate surface area is 105 Å². The van der Waals surface area contributed by atoms with Crippen molar-refractivity contribution in [3.05, 3.63) is 34.9 Å². The molecule has 0 radical (unpaired) electrons. The standard InChI is InChI=1S/C15H24N2/c1-12-6-5-7-13(2)15(12)14(10-16)11-17-8-3-4-9-17/h5-7,14H,3-4,8-11,16H2,1-2H3. The summed E-state index contributed by atoms with van der Waals surface area (Å²) >= 11 is 0. The predicted molar refractivity (Wildman–Crippen MR) is 73.4 cm³/mol. The molecule has 0 amide bonds. The molecule has 0 aromatic heterocycles. The van der Waals surface area contributed by atoms with Gasteiger partial charge >= 0.3 is 0 Å². The van der Waals surface area contributed by atoms with E-state index >= 15 is 0 Å². The molecule has 0 saturated carbocycles. The molecule has 1 aliphatic rings. The minimum absolute atomic E-state index is 0.495. The normalized spacial score (nSPS) is 18.5. The van der Waals surface area contributed by atoms with Crippen molar-refractivity contribution in [2.75, 3.05) is 26.2 Å². The van der Waals surface area contributed by atoms with Crippen molar-refractivity contribution in [1.82, 2.24) is 4.90 Å². The molecule has 1 fully saturated rings. The Kier molecular flexibility index (Phi) is 4.19. The highest BCUT2D eigenvalue weighted by atomic mass is 15.1. The third kappa shape index (κ3) is 2.88. The summed E-state index contributed by atoms with van der Waals surface area (Å²) in [6.07, 6.45) is 2.70. The van der Waals surface area contributed by atoms with Crippen LogP contribution in [0.15, 0.2) is 18.2 Å². The van der Waals surface area contributed by atoms with Gasteiger partial charge in [-0.15, -0.1) is 0 Å². The van der Waals surface area contributed by atoms with Crippen LogP contribution in [0.3, 0.4) is 0 Å². The van der Waals surface area contributed by atoms with Gasteiger partial charge in [-0.3, -0.25) is 0 Å². The van der Waals surface area contributed by atoms with Gasteiger partial charge in [0.2, 0.25) is 0 Å². The molecule has 94 valence electrons. The van der Waals surface area contributed by atoms with Crippen LogP contribution in [0, 0.1) is 13.8 Å². The fraction of sp³-hybridized carbons (Fsp3) is 0.600. The van der Waals surface area contributed by atoms with Crippen LogP contribution in [0.5, 0.6) is 0 Å². The molecule has 1 aromatic rings. The number of hydrogen-bond donors (Lipinski definition) is 1. The van der Waals surface area contributed by atoms with Crippen molar-refractivity contribution in [3.8, 4) is 0 Å². The first-order chi connectivity index (χ1) is 8.22. The van der Waals surface area contributed by atoms with E-state index in [2.05, 4.69) is 36.9 Å². The largest absolute Gasteiger partial charge is 0.330 e. The van der Waals surface area contributed by atoms with Gasteiger partial charge in [0.05, 0.1) is 0 Å². The molecule has 1 saturated heterocycles. The Morgan fingerprint density at radius 3 is 2.29 bits per heavy atom. The maximum absolute atomic E-state index is 5.99. The van der Waals surface area contributed by atoms with Gasteiger partial charge in [-0.05, 0) is 56.5 Å². The number of nitrogens with two attached hydrogens (primary N) is 1. The first kappa shape index (κ1) is 12.6. The van der Waals surface area contributed by atoms with Crippen molar-refractivity contribution in [1.29, 1.82) is 0 Å². The van der Waals surface area contributed by atoms with Gasteiger partial charge in [0.1, 0.15) is 0 Å². The Bertz CT molecular complexity index is 347. The molecule has 2 nitrogen and oxygen atoms in total. The monoisotopic (exact) mass is 232 g/mol. The molecule has 0 spiro atoms. The SMILES string of the molecule is Cc1cccc(C)c1C(CN)CN1CCCC1. The number of hydrogen-bond acceptors (Lipinski definition) is 2. The number of benzene rings is 1. The van der Waals surface area contributed by atoms with Gasteiger partial charge in [-0.2, -0.15) is 0 Å². The Balaban J connectivity index is 2.16. The maximum Gasteiger partial charge on any atom is 0.00940 e. The lowest BCUT2D eigenvalue weighted by Crippen LogP contribution is -2.30. The molecule has 1 unspecified atom stereocenters. The van der Waals surface area contributed by atoms with E-state index in [9.17, 15) is 0 Å². The molecular formula is C15H24N2. The van der Waals surface area contributed by atoms with E-state index in [1.807, 2.05) is 0 Å². The second-order valence-corrected chi connectivity index (χ2v) is 5.25. The van der Waals surface area contributed by atoms with Gasteiger partial charge in [-0.25, -0.2) is 0 Å². The molecule has 1 aliphatic heterocycles. The maximum atomic E-state index is 5.99. The van der Waals surface area contributed by atoms with E-state index in [1.54, 1.807) is 0 Å². The average molecular weight is 232 g/mol. The van der Waals surface area contributed by atoms with Gasteiger partial charge in [0.15, 0.2) is 0 Å². The molecular weight excluding hydrogens is 208 g/mol. The van der Waals surface area contributed by atoms with Crippen LogP contribution in [0.2, 0.25) is 0 Å². The Morgan fingerprint density at radius 2 is 1.76 bits per heavy atom. The minimum atomic E-state index is 0.495. The van der Waals surface area contributed by atoms with Crippen molar-refractivity contribution in [3.63, 3.8) is 0 Å². The van der Waals surface area contributed by atoms with Crippen molar-refractivity contribution in [2.45, 2.75) is 32.6 Å². The third-order valence-electron chi connectivity index (χ3n) is 3.91. The predicted octanol–water partition coefficient (Wildman–Crippen LogP) is 2.44. The van der Waals surface area contributed by atoms with E-state index in [-0.39, 0.29) is 0 Å². The summed E-state index contributed by atoms with van der Waals surface area (Å²) < 4.78 is 0. The zero-order valence-electron chi connectivity index (χ0n) is 11.1. The number of rotatable bonds is 4. The van der Waals surface area contributed by atoms with Crippen LogP contribution in [-0.4, -0.2) is 31.1 Å². The summed E-state index contributed by atoms with van der Waals surface area (Å²) in [5.41, 5.74) is 10.2. The van der Waals surface area contributed by atoms with Crippen molar-refractivity contribution >= 4 is 0 Å². The van der Waals surface area contributed by atoms with Crippen molar-refractivity contribution in [2.24, 2.45) is 5.73 Å². The zero-order chi connectivity index (χ0) is 12.3. The van der Waals surface area contributed by atoms with Gasteiger partial charge in [0, 0.05) is 19.0 Å². The molecule has 0 aliphatic carbocycles. The number of aryl methyl sites for hydroxylation is 2. The van der Waals surface area contributed by atoms with Crippen LogP contribution in [-0.2, 0) is 0 Å². The highest BCUT2D eigenvalue weighted by molar-refractivity contribution is 5.37. The van der Waals surface area contributed by atoms with E-state index in [1.165, 1.54) is 42.6 Å². The molecule has 17 heavy (non-hydrogen) atoms. The summed E-state index contributed by atoms with van der Waals surface area (Å²) in [6.45, 7) is 8.79. The lowest BCUT2D eigenvalue weighted by molar-refractivity contribution is 0.315. The van der Waals surface area contributed by atoms with Crippen LogP contribution in [0.1, 0.15) is 35.4 Å².